The average Bonchev–Trinajstić information content (AvgIpc) is 3.23. The van der Waals surface area contributed by atoms with Gasteiger partial charge in [-0.25, -0.2) is 4.39 Å². The van der Waals surface area contributed by atoms with Crippen LogP contribution in [-0.4, -0.2) is 57.6 Å². The molecule has 3 aromatic rings. The van der Waals surface area contributed by atoms with Gasteiger partial charge < -0.3 is 25.6 Å². The van der Waals surface area contributed by atoms with Gasteiger partial charge in [-0.2, -0.15) is 5.10 Å². The summed E-state index contributed by atoms with van der Waals surface area (Å²) in [5.74, 6) is 0.0104. The standard InChI is InChI=1S/C25H31FN4O3/c26-16-3-4-18-20(28-29-21(18)12-16)2-1-9-30-10-7-15(8-11-30)23-13-19-17(24(14-27)33-23)5-6-22(31)25(19)32/h3-6,12,15,23-24,31-32H,1-2,7-11,13-14,27H2,(H,28,29). The van der Waals surface area contributed by atoms with E-state index >= 15 is 0 Å². The summed E-state index contributed by atoms with van der Waals surface area (Å²) in [5, 5.41) is 28.6. The van der Waals surface area contributed by atoms with Gasteiger partial charge in [0, 0.05) is 35.7 Å². The number of ether oxygens (including phenoxy) is 1. The van der Waals surface area contributed by atoms with Gasteiger partial charge in [0.05, 0.1) is 17.7 Å². The molecule has 2 aromatic carbocycles. The van der Waals surface area contributed by atoms with Crippen LogP contribution in [-0.2, 0) is 17.6 Å². The van der Waals surface area contributed by atoms with Crippen LogP contribution in [0.4, 0.5) is 4.39 Å². The summed E-state index contributed by atoms with van der Waals surface area (Å²) in [5.41, 5.74) is 9.35. The molecule has 1 aromatic heterocycles. The molecule has 0 aliphatic carbocycles. The minimum Gasteiger partial charge on any atom is -0.504 e. The quantitative estimate of drug-likeness (QED) is 0.425. The summed E-state index contributed by atoms with van der Waals surface area (Å²) in [4.78, 5) is 2.48. The van der Waals surface area contributed by atoms with E-state index in [1.165, 1.54) is 18.2 Å². The van der Waals surface area contributed by atoms with E-state index in [2.05, 4.69) is 15.1 Å². The minimum atomic E-state index is -0.265. The molecule has 2 atom stereocenters. The second-order valence-corrected chi connectivity index (χ2v) is 9.25. The van der Waals surface area contributed by atoms with Crippen molar-refractivity contribution in [3.05, 3.63) is 53.0 Å². The Kier molecular flexibility index (Phi) is 6.23. The molecule has 3 heterocycles. The number of nitrogens with two attached hydrogens (primary N) is 1. The van der Waals surface area contributed by atoms with E-state index < -0.39 is 0 Å². The second-order valence-electron chi connectivity index (χ2n) is 9.25. The molecule has 2 aliphatic rings. The third-order valence-corrected chi connectivity index (χ3v) is 7.26. The monoisotopic (exact) mass is 454 g/mol. The normalized spacial score (nSPS) is 22.0. The van der Waals surface area contributed by atoms with Crippen molar-refractivity contribution in [2.45, 2.75) is 44.3 Å². The molecule has 176 valence electrons. The first-order valence-electron chi connectivity index (χ1n) is 11.8. The highest BCUT2D eigenvalue weighted by molar-refractivity contribution is 5.81. The van der Waals surface area contributed by atoms with Gasteiger partial charge >= 0.3 is 0 Å². The number of hydrogen-bond acceptors (Lipinski definition) is 6. The van der Waals surface area contributed by atoms with Crippen LogP contribution >= 0.6 is 0 Å². The maximum atomic E-state index is 13.4. The molecule has 0 radical (unpaired) electrons. The lowest BCUT2D eigenvalue weighted by molar-refractivity contribution is -0.0647. The van der Waals surface area contributed by atoms with E-state index in [4.69, 9.17) is 10.5 Å². The Hall–Kier alpha value is -2.68. The molecule has 1 saturated heterocycles. The van der Waals surface area contributed by atoms with Crippen LogP contribution in [0.15, 0.2) is 30.3 Å². The van der Waals surface area contributed by atoms with Gasteiger partial charge in [0.2, 0.25) is 0 Å². The zero-order valence-corrected chi connectivity index (χ0v) is 18.6. The summed E-state index contributed by atoms with van der Waals surface area (Å²) in [7, 11) is 0. The fourth-order valence-corrected chi connectivity index (χ4v) is 5.41. The largest absolute Gasteiger partial charge is 0.504 e. The number of phenolic OH excluding ortho intramolecular Hbond substituents is 2. The van der Waals surface area contributed by atoms with Gasteiger partial charge in [0.15, 0.2) is 11.5 Å². The fraction of sp³-hybridized carbons (Fsp3) is 0.480. The number of likely N-dealkylation sites (tertiary alicyclic amines) is 1. The highest BCUT2D eigenvalue weighted by Gasteiger charge is 2.35. The Morgan fingerprint density at radius 1 is 1.18 bits per heavy atom. The van der Waals surface area contributed by atoms with Crippen molar-refractivity contribution in [1.82, 2.24) is 15.1 Å². The number of nitrogens with zero attached hydrogens (tertiary/aromatic N) is 2. The van der Waals surface area contributed by atoms with Gasteiger partial charge in [-0.1, -0.05) is 6.07 Å². The first-order chi connectivity index (χ1) is 16.0. The molecular weight excluding hydrogens is 423 g/mol. The first-order valence-corrected chi connectivity index (χ1v) is 11.8. The summed E-state index contributed by atoms with van der Waals surface area (Å²) >= 11 is 0. The van der Waals surface area contributed by atoms with E-state index in [0.29, 0.717) is 24.4 Å². The number of rotatable bonds is 6. The van der Waals surface area contributed by atoms with Gasteiger partial charge in [0.1, 0.15) is 5.82 Å². The van der Waals surface area contributed by atoms with Crippen LogP contribution in [0.3, 0.4) is 0 Å². The van der Waals surface area contributed by atoms with Gasteiger partial charge in [0.25, 0.3) is 0 Å². The maximum absolute atomic E-state index is 13.4. The van der Waals surface area contributed by atoms with Crippen LogP contribution in [0.5, 0.6) is 11.5 Å². The van der Waals surface area contributed by atoms with Crippen LogP contribution < -0.4 is 5.73 Å². The van der Waals surface area contributed by atoms with Crippen LogP contribution in [0.2, 0.25) is 0 Å². The molecule has 1 fully saturated rings. The minimum absolute atomic E-state index is 0.00217. The topological polar surface area (TPSA) is 108 Å². The van der Waals surface area contributed by atoms with Gasteiger partial charge in [-0.15, -0.1) is 0 Å². The molecule has 5 N–H and O–H groups in total. The smallest absolute Gasteiger partial charge is 0.161 e. The van der Waals surface area contributed by atoms with Crippen molar-refractivity contribution in [3.8, 4) is 11.5 Å². The van der Waals surface area contributed by atoms with Crippen molar-refractivity contribution in [2.24, 2.45) is 11.7 Å². The lowest BCUT2D eigenvalue weighted by Crippen LogP contribution is -2.42. The molecule has 5 rings (SSSR count). The SMILES string of the molecule is NCC1OC(C2CCN(CCCc3[nH]nc4cc(F)ccc34)CC2)Cc2c1ccc(O)c2O. The second kappa shape index (κ2) is 9.29. The molecule has 33 heavy (non-hydrogen) atoms. The number of benzene rings is 2. The predicted octanol–water partition coefficient (Wildman–Crippen LogP) is 3.40. The Morgan fingerprint density at radius 3 is 2.79 bits per heavy atom. The molecule has 0 amide bonds. The van der Waals surface area contributed by atoms with E-state index in [-0.39, 0.29) is 29.5 Å². The Labute approximate surface area is 192 Å². The number of piperidine rings is 1. The van der Waals surface area contributed by atoms with E-state index in [1.54, 1.807) is 12.1 Å². The van der Waals surface area contributed by atoms with Crippen LogP contribution in [0.25, 0.3) is 10.9 Å². The number of aromatic hydroxyl groups is 2. The summed E-state index contributed by atoms with van der Waals surface area (Å²) in [6, 6.07) is 8.04. The van der Waals surface area contributed by atoms with E-state index in [9.17, 15) is 14.6 Å². The lowest BCUT2D eigenvalue weighted by Gasteiger charge is -2.40. The Morgan fingerprint density at radius 2 is 2.00 bits per heavy atom. The highest BCUT2D eigenvalue weighted by atomic mass is 19.1. The predicted molar refractivity (Wildman–Crippen MR) is 124 cm³/mol. The number of fused-ring (bicyclic) bond motifs is 2. The number of halogens is 1. The molecular formula is C25H31FN4O3. The Bertz CT molecular complexity index is 1130. The van der Waals surface area contributed by atoms with Crippen molar-refractivity contribution < 1.29 is 19.3 Å². The van der Waals surface area contributed by atoms with Crippen molar-refractivity contribution in [3.63, 3.8) is 0 Å². The number of hydrogen-bond donors (Lipinski definition) is 4. The van der Waals surface area contributed by atoms with Crippen molar-refractivity contribution in [1.29, 1.82) is 0 Å². The fourth-order valence-electron chi connectivity index (χ4n) is 5.41. The number of aromatic nitrogens is 2. The van der Waals surface area contributed by atoms with Crippen LogP contribution in [0.1, 0.15) is 42.2 Å². The summed E-state index contributed by atoms with van der Waals surface area (Å²) < 4.78 is 19.7. The summed E-state index contributed by atoms with van der Waals surface area (Å²) in [6.45, 7) is 3.36. The number of aryl methyl sites for hydroxylation is 1. The zero-order valence-electron chi connectivity index (χ0n) is 18.6. The molecule has 7 nitrogen and oxygen atoms in total. The molecule has 0 saturated carbocycles. The molecule has 0 spiro atoms. The van der Waals surface area contributed by atoms with Gasteiger partial charge in [-0.05, 0) is 75.0 Å². The van der Waals surface area contributed by atoms with E-state index in [0.717, 1.165) is 67.5 Å². The molecule has 2 aliphatic heterocycles. The van der Waals surface area contributed by atoms with Crippen molar-refractivity contribution >= 4 is 10.9 Å². The van der Waals surface area contributed by atoms with E-state index in [1.807, 2.05) is 0 Å². The lowest BCUT2D eigenvalue weighted by atomic mass is 9.83. The number of aromatic amines is 1. The zero-order chi connectivity index (χ0) is 22.9. The molecule has 8 heteroatoms. The first kappa shape index (κ1) is 22.1. The highest BCUT2D eigenvalue weighted by Crippen LogP contribution is 2.42. The molecule has 2 unspecified atom stereocenters. The third-order valence-electron chi connectivity index (χ3n) is 7.26. The van der Waals surface area contributed by atoms with Crippen LogP contribution in [0, 0.1) is 11.7 Å². The maximum Gasteiger partial charge on any atom is 0.161 e. The number of H-pyrrole nitrogens is 1. The average molecular weight is 455 g/mol. The molecule has 0 bridgehead atoms. The number of nitrogens with one attached hydrogen (secondary N) is 1. The Balaban J connectivity index is 1.14. The number of phenols is 2. The summed E-state index contributed by atoms with van der Waals surface area (Å²) in [6.07, 6.45) is 4.30. The van der Waals surface area contributed by atoms with Crippen molar-refractivity contribution in [2.75, 3.05) is 26.2 Å². The van der Waals surface area contributed by atoms with Gasteiger partial charge in [-0.3, -0.25) is 5.10 Å². The third kappa shape index (κ3) is 4.43.